The van der Waals surface area contributed by atoms with E-state index in [9.17, 15) is 0 Å². The van der Waals surface area contributed by atoms with Crippen molar-refractivity contribution in [2.75, 3.05) is 27.4 Å². The van der Waals surface area contributed by atoms with Crippen molar-refractivity contribution < 1.29 is 26.5 Å². The first-order valence-electron chi connectivity index (χ1n) is 5.95. The molecule has 0 saturated carbocycles. The number of rotatable bonds is 2. The molecule has 0 aliphatic carbocycles. The van der Waals surface area contributed by atoms with Crippen LogP contribution in [0.3, 0.4) is 0 Å². The van der Waals surface area contributed by atoms with Crippen LogP contribution in [-0.2, 0) is 0 Å². The maximum Gasteiger partial charge on any atom is 0.230 e. The van der Waals surface area contributed by atoms with Crippen LogP contribution in [-0.4, -0.2) is 32.4 Å². The van der Waals surface area contributed by atoms with Crippen LogP contribution in [0.15, 0.2) is 28.8 Å². The fourth-order valence-corrected chi connectivity index (χ4v) is 2.10. The van der Waals surface area contributed by atoms with Crippen LogP contribution in [0.5, 0.6) is 5.75 Å². The van der Waals surface area contributed by atoms with Crippen LogP contribution >= 0.6 is 0 Å². The number of nitrogens with one attached hydrogen (secondary N) is 2. The summed E-state index contributed by atoms with van der Waals surface area (Å²) in [5.74, 6) is 1.48. The van der Waals surface area contributed by atoms with Crippen molar-refractivity contribution in [1.29, 1.82) is 0 Å². The second-order valence-electron chi connectivity index (χ2n) is 4.54. The molecule has 3 rings (SSSR count). The molecule has 1 aliphatic rings. The molecule has 0 saturated heterocycles. The Hall–Kier alpha value is -1.72. The van der Waals surface area contributed by atoms with Crippen molar-refractivity contribution in [3.8, 4) is 5.75 Å². The number of methoxy groups -OCH3 is 1. The number of benzene rings is 1. The number of aromatic nitrogens is 1. The lowest BCUT2D eigenvalue weighted by atomic mass is 10.2. The molecule has 2 aromatic rings. The fraction of sp³-hybridized carbons (Fsp3) is 0.308. The zero-order valence-corrected chi connectivity index (χ0v) is 11.6. The van der Waals surface area contributed by atoms with Crippen LogP contribution in [0.1, 0.15) is 5.89 Å². The third-order valence-electron chi connectivity index (χ3n) is 3.04. The zero-order chi connectivity index (χ0) is 12.5. The minimum atomic E-state index is 0. The monoisotopic (exact) mass is 281 g/mol. The molecule has 0 spiro atoms. The van der Waals surface area contributed by atoms with Crippen molar-refractivity contribution >= 4 is 16.7 Å². The Balaban J connectivity index is 0.00000133. The van der Waals surface area contributed by atoms with Crippen LogP contribution in [0.4, 0.5) is 0 Å². The van der Waals surface area contributed by atoms with Gasteiger partial charge in [-0.15, -0.1) is 0 Å². The molecule has 19 heavy (non-hydrogen) atoms. The molecule has 1 aliphatic heterocycles. The average molecular weight is 282 g/mol. The summed E-state index contributed by atoms with van der Waals surface area (Å²) in [6, 6.07) is 5.65. The second-order valence-corrected chi connectivity index (χ2v) is 4.54. The number of fused-ring (bicyclic) bond motifs is 1. The number of hydrogen-bond donors (Lipinski definition) is 2. The van der Waals surface area contributed by atoms with E-state index >= 15 is 0 Å². The summed E-state index contributed by atoms with van der Waals surface area (Å²) in [6.07, 6.45) is 1.98. The minimum Gasteiger partial charge on any atom is -1.00 e. The van der Waals surface area contributed by atoms with Crippen molar-refractivity contribution in [2.24, 2.45) is 0 Å². The molecule has 0 amide bonds. The van der Waals surface area contributed by atoms with Gasteiger partial charge < -0.3 is 31.8 Å². The van der Waals surface area contributed by atoms with E-state index in [1.165, 1.54) is 4.90 Å². The fourth-order valence-electron chi connectivity index (χ4n) is 2.10. The van der Waals surface area contributed by atoms with Gasteiger partial charge >= 0.3 is 0 Å². The third-order valence-corrected chi connectivity index (χ3v) is 3.04. The minimum absolute atomic E-state index is 0. The number of ether oxygens (including phenoxy) is 1. The molecule has 0 radical (unpaired) electrons. The summed E-state index contributed by atoms with van der Waals surface area (Å²) in [6.45, 7) is 1.84. The molecule has 0 bridgehead atoms. The van der Waals surface area contributed by atoms with Gasteiger partial charge in [-0.2, -0.15) is 0 Å². The van der Waals surface area contributed by atoms with Crippen molar-refractivity contribution in [3.63, 3.8) is 0 Å². The Morgan fingerprint density at radius 1 is 1.42 bits per heavy atom. The summed E-state index contributed by atoms with van der Waals surface area (Å²) in [5.41, 5.74) is 2.71. The molecule has 1 atom stereocenters. The quantitative estimate of drug-likeness (QED) is 0.627. The lowest BCUT2D eigenvalue weighted by molar-refractivity contribution is -0.875. The van der Waals surface area contributed by atoms with Crippen molar-refractivity contribution in [2.45, 2.75) is 0 Å². The smallest absolute Gasteiger partial charge is 0.230 e. The topological polar surface area (TPSA) is 51.7 Å². The molecule has 1 unspecified atom stereocenters. The van der Waals surface area contributed by atoms with Crippen molar-refractivity contribution in [1.82, 2.24) is 10.3 Å². The predicted molar refractivity (Wildman–Crippen MR) is 68.3 cm³/mol. The number of nitrogens with zero attached hydrogens (tertiary/aromatic N) is 1. The molecule has 2 heterocycles. The summed E-state index contributed by atoms with van der Waals surface area (Å²) >= 11 is 0. The molecule has 5 nitrogen and oxygen atoms in total. The number of likely N-dealkylation sites (N-methyl/N-ethyl adjacent to an activating group) is 1. The van der Waals surface area contributed by atoms with E-state index in [0.29, 0.717) is 5.89 Å². The SMILES string of the molecule is COc1ccc2oc(C3=CNC[NH+](C)C3)nc2c1.[Cl-]. The normalized spacial score (nSPS) is 18.4. The molecule has 6 heteroatoms. The molecular formula is C13H16ClN3O2. The Morgan fingerprint density at radius 3 is 3.00 bits per heavy atom. The van der Waals surface area contributed by atoms with Gasteiger partial charge in [0, 0.05) is 12.3 Å². The second kappa shape index (κ2) is 5.50. The molecule has 102 valence electrons. The van der Waals surface area contributed by atoms with Gasteiger partial charge in [0.05, 0.1) is 19.7 Å². The summed E-state index contributed by atoms with van der Waals surface area (Å²) in [4.78, 5) is 5.89. The number of hydrogen-bond acceptors (Lipinski definition) is 4. The van der Waals surface area contributed by atoms with Gasteiger partial charge in [-0.1, -0.05) is 0 Å². The molecule has 1 aromatic heterocycles. The van der Waals surface area contributed by atoms with Crippen LogP contribution in [0.2, 0.25) is 0 Å². The lowest BCUT2D eigenvalue weighted by Crippen LogP contribution is -3.11. The van der Waals surface area contributed by atoms with Gasteiger partial charge in [-0.25, -0.2) is 4.98 Å². The number of quaternary nitrogens is 1. The zero-order valence-electron chi connectivity index (χ0n) is 10.9. The van der Waals surface area contributed by atoms with E-state index in [1.807, 2.05) is 24.4 Å². The molecule has 1 aromatic carbocycles. The van der Waals surface area contributed by atoms with Crippen LogP contribution in [0, 0.1) is 0 Å². The van der Waals surface area contributed by atoms with Gasteiger partial charge in [0.25, 0.3) is 0 Å². The maximum atomic E-state index is 5.77. The third kappa shape index (κ3) is 2.67. The van der Waals surface area contributed by atoms with E-state index in [1.54, 1.807) is 7.11 Å². The number of oxazole rings is 1. The molecule has 2 N–H and O–H groups in total. The highest BCUT2D eigenvalue weighted by molar-refractivity contribution is 5.77. The van der Waals surface area contributed by atoms with E-state index in [0.717, 1.165) is 35.6 Å². The molecule has 0 fully saturated rings. The summed E-state index contributed by atoms with van der Waals surface area (Å²) in [7, 11) is 3.78. The van der Waals surface area contributed by atoms with Gasteiger partial charge in [-0.3, -0.25) is 0 Å². The Bertz CT molecular complexity index is 609. The molecular weight excluding hydrogens is 266 g/mol. The standard InChI is InChI=1S/C13H15N3O2.ClH/c1-16-7-9(6-14-8-16)13-15-11-5-10(17-2)3-4-12(11)18-13;/h3-6,14H,7-8H2,1-2H3;1H. The first kappa shape index (κ1) is 13.7. The predicted octanol–water partition coefficient (Wildman–Crippen LogP) is -2.74. The number of halogens is 1. The Morgan fingerprint density at radius 2 is 2.26 bits per heavy atom. The van der Waals surface area contributed by atoms with E-state index in [4.69, 9.17) is 9.15 Å². The maximum absolute atomic E-state index is 5.77. The highest BCUT2D eigenvalue weighted by atomic mass is 35.5. The van der Waals surface area contributed by atoms with Gasteiger partial charge in [0.2, 0.25) is 5.89 Å². The van der Waals surface area contributed by atoms with E-state index in [-0.39, 0.29) is 12.4 Å². The van der Waals surface area contributed by atoms with E-state index < -0.39 is 0 Å². The lowest BCUT2D eigenvalue weighted by Gasteiger charge is -2.19. The Labute approximate surface area is 117 Å². The Kier molecular flexibility index (Phi) is 3.97. The largest absolute Gasteiger partial charge is 1.00 e. The highest BCUT2D eigenvalue weighted by Crippen LogP contribution is 2.24. The van der Waals surface area contributed by atoms with Gasteiger partial charge in [0.1, 0.15) is 24.5 Å². The average Bonchev–Trinajstić information content (AvgIpc) is 2.81. The highest BCUT2D eigenvalue weighted by Gasteiger charge is 2.18. The first-order chi connectivity index (χ1) is 8.76. The summed E-state index contributed by atoms with van der Waals surface area (Å²) < 4.78 is 10.9. The first-order valence-corrected chi connectivity index (χ1v) is 5.95. The van der Waals surface area contributed by atoms with Crippen LogP contribution in [0.25, 0.3) is 16.7 Å². The van der Waals surface area contributed by atoms with Gasteiger partial charge in [0.15, 0.2) is 5.58 Å². The van der Waals surface area contributed by atoms with Gasteiger partial charge in [-0.05, 0) is 12.1 Å². The van der Waals surface area contributed by atoms with E-state index in [2.05, 4.69) is 17.3 Å². The van der Waals surface area contributed by atoms with Crippen molar-refractivity contribution in [3.05, 3.63) is 30.3 Å². The van der Waals surface area contributed by atoms with Crippen LogP contribution < -0.4 is 27.4 Å². The summed E-state index contributed by atoms with van der Waals surface area (Å²) in [5, 5.41) is 3.23.